The highest BCUT2D eigenvalue weighted by Crippen LogP contribution is 2.17. The first-order chi connectivity index (χ1) is 7.22. The van der Waals surface area contributed by atoms with Gasteiger partial charge in [0.25, 0.3) is 0 Å². The van der Waals surface area contributed by atoms with Crippen LogP contribution in [0.2, 0.25) is 0 Å². The Labute approximate surface area is 93.7 Å². The smallest absolute Gasteiger partial charge is 0.150 e. The van der Waals surface area contributed by atoms with Gasteiger partial charge in [0.15, 0.2) is 0 Å². The first kappa shape index (κ1) is 10.3. The highest BCUT2D eigenvalue weighted by atomic mass is 79.9. The van der Waals surface area contributed by atoms with Crippen molar-refractivity contribution in [2.45, 2.75) is 5.33 Å². The third-order valence-electron chi connectivity index (χ3n) is 1.97. The van der Waals surface area contributed by atoms with Crippen molar-refractivity contribution in [1.82, 2.24) is 9.55 Å². The molecule has 0 saturated heterocycles. The Morgan fingerprint density at radius 2 is 1.93 bits per heavy atom. The van der Waals surface area contributed by atoms with Crippen LogP contribution in [-0.2, 0) is 5.33 Å². The van der Waals surface area contributed by atoms with E-state index in [0.717, 1.165) is 5.69 Å². The molecule has 78 valence electrons. The number of rotatable bonds is 2. The maximum Gasteiger partial charge on any atom is 0.150 e. The fraction of sp³-hybridized carbons (Fsp3) is 0.100. The van der Waals surface area contributed by atoms with Crippen LogP contribution in [0.3, 0.4) is 0 Å². The number of imidazole rings is 1. The number of alkyl halides is 1. The van der Waals surface area contributed by atoms with Crippen LogP contribution in [0.4, 0.5) is 8.78 Å². The highest BCUT2D eigenvalue weighted by molar-refractivity contribution is 9.08. The van der Waals surface area contributed by atoms with Gasteiger partial charge < -0.3 is 4.57 Å². The van der Waals surface area contributed by atoms with Crippen LogP contribution < -0.4 is 0 Å². The molecule has 2 nitrogen and oxygen atoms in total. The molecule has 1 aromatic heterocycles. The zero-order chi connectivity index (χ0) is 10.8. The molecule has 15 heavy (non-hydrogen) atoms. The lowest BCUT2D eigenvalue weighted by Gasteiger charge is -2.04. The van der Waals surface area contributed by atoms with E-state index >= 15 is 0 Å². The maximum absolute atomic E-state index is 13.3. The minimum absolute atomic E-state index is 0.0998. The standard InChI is InChI=1S/C10H7BrF2N2/c11-4-7-5-15(6-14-7)10-8(12)2-1-3-9(10)13/h1-3,5-6H,4H2. The van der Waals surface area contributed by atoms with E-state index in [0.29, 0.717) is 5.33 Å². The van der Waals surface area contributed by atoms with E-state index in [2.05, 4.69) is 20.9 Å². The molecular weight excluding hydrogens is 266 g/mol. The van der Waals surface area contributed by atoms with Crippen molar-refractivity contribution in [3.05, 3.63) is 48.1 Å². The van der Waals surface area contributed by atoms with E-state index in [1.54, 1.807) is 6.20 Å². The third-order valence-corrected chi connectivity index (χ3v) is 2.54. The van der Waals surface area contributed by atoms with Crippen LogP contribution >= 0.6 is 15.9 Å². The first-order valence-corrected chi connectivity index (χ1v) is 5.37. The first-order valence-electron chi connectivity index (χ1n) is 4.25. The Morgan fingerprint density at radius 3 is 2.47 bits per heavy atom. The van der Waals surface area contributed by atoms with Gasteiger partial charge in [0.2, 0.25) is 0 Å². The minimum atomic E-state index is -0.603. The van der Waals surface area contributed by atoms with Gasteiger partial charge in [0.05, 0.1) is 12.0 Å². The molecule has 0 unspecified atom stereocenters. The van der Waals surface area contributed by atoms with E-state index in [-0.39, 0.29) is 5.69 Å². The number of para-hydroxylation sites is 1. The monoisotopic (exact) mass is 272 g/mol. The fourth-order valence-electron chi connectivity index (χ4n) is 1.29. The normalized spacial score (nSPS) is 10.6. The molecule has 0 aliphatic carbocycles. The molecule has 0 N–H and O–H groups in total. The van der Waals surface area contributed by atoms with Gasteiger partial charge in [-0.2, -0.15) is 0 Å². The predicted octanol–water partition coefficient (Wildman–Crippen LogP) is 3.05. The average molecular weight is 273 g/mol. The molecule has 1 aromatic carbocycles. The van der Waals surface area contributed by atoms with E-state index in [1.807, 2.05) is 0 Å². The molecule has 2 aromatic rings. The maximum atomic E-state index is 13.3. The van der Waals surface area contributed by atoms with Crippen molar-refractivity contribution >= 4 is 15.9 Å². The van der Waals surface area contributed by atoms with Gasteiger partial charge in [-0.25, -0.2) is 13.8 Å². The fourth-order valence-corrected chi connectivity index (χ4v) is 1.58. The van der Waals surface area contributed by atoms with Crippen LogP contribution in [0, 0.1) is 11.6 Å². The summed E-state index contributed by atoms with van der Waals surface area (Å²) in [4.78, 5) is 3.98. The van der Waals surface area contributed by atoms with Crippen LogP contribution in [0.5, 0.6) is 0 Å². The van der Waals surface area contributed by atoms with Crippen LogP contribution in [-0.4, -0.2) is 9.55 Å². The van der Waals surface area contributed by atoms with Gasteiger partial charge in [-0.3, -0.25) is 0 Å². The topological polar surface area (TPSA) is 17.8 Å². The van der Waals surface area contributed by atoms with Crippen molar-refractivity contribution < 1.29 is 8.78 Å². The van der Waals surface area contributed by atoms with E-state index < -0.39 is 11.6 Å². The summed E-state index contributed by atoms with van der Waals surface area (Å²) in [7, 11) is 0. The van der Waals surface area contributed by atoms with Gasteiger partial charge >= 0.3 is 0 Å². The highest BCUT2D eigenvalue weighted by Gasteiger charge is 2.10. The third kappa shape index (κ3) is 1.92. The van der Waals surface area contributed by atoms with Crippen LogP contribution in [0.15, 0.2) is 30.7 Å². The minimum Gasteiger partial charge on any atom is -0.301 e. The molecule has 0 spiro atoms. The number of hydrogen-bond donors (Lipinski definition) is 0. The Hall–Kier alpha value is -1.23. The Balaban J connectivity index is 2.53. The second-order valence-corrected chi connectivity index (χ2v) is 3.54. The van der Waals surface area contributed by atoms with E-state index in [9.17, 15) is 8.78 Å². The van der Waals surface area contributed by atoms with Crippen molar-refractivity contribution in [1.29, 1.82) is 0 Å². The van der Waals surface area contributed by atoms with Crippen molar-refractivity contribution in [2.75, 3.05) is 0 Å². The largest absolute Gasteiger partial charge is 0.301 e. The van der Waals surface area contributed by atoms with Crippen LogP contribution in [0.25, 0.3) is 5.69 Å². The zero-order valence-corrected chi connectivity index (χ0v) is 9.21. The van der Waals surface area contributed by atoms with Gasteiger partial charge in [-0.1, -0.05) is 22.0 Å². The quantitative estimate of drug-likeness (QED) is 0.769. The second-order valence-electron chi connectivity index (χ2n) is 2.98. The molecule has 0 amide bonds. The predicted molar refractivity (Wildman–Crippen MR) is 56.1 cm³/mol. The number of aromatic nitrogens is 2. The lowest BCUT2D eigenvalue weighted by molar-refractivity contribution is 0.569. The molecule has 0 radical (unpaired) electrons. The summed E-state index contributed by atoms with van der Waals surface area (Å²) in [6.45, 7) is 0. The molecule has 1 heterocycles. The van der Waals surface area contributed by atoms with E-state index in [4.69, 9.17) is 0 Å². The summed E-state index contributed by atoms with van der Waals surface area (Å²) >= 11 is 3.22. The molecule has 0 fully saturated rings. The van der Waals surface area contributed by atoms with Gasteiger partial charge in [-0.05, 0) is 12.1 Å². The van der Waals surface area contributed by atoms with Gasteiger partial charge in [0.1, 0.15) is 17.3 Å². The molecule has 0 aliphatic rings. The molecule has 0 atom stereocenters. The average Bonchev–Trinajstić information content (AvgIpc) is 2.66. The zero-order valence-electron chi connectivity index (χ0n) is 7.62. The number of hydrogen-bond acceptors (Lipinski definition) is 1. The Kier molecular flexibility index (Phi) is 2.81. The summed E-state index contributed by atoms with van der Waals surface area (Å²) in [5.41, 5.74) is 0.620. The van der Waals surface area contributed by atoms with Crippen LogP contribution in [0.1, 0.15) is 5.69 Å². The summed E-state index contributed by atoms with van der Waals surface area (Å²) in [5, 5.41) is 0.552. The molecule has 2 rings (SSSR count). The second kappa shape index (κ2) is 4.10. The molecule has 5 heteroatoms. The van der Waals surface area contributed by atoms with Crippen molar-refractivity contribution in [3.63, 3.8) is 0 Å². The van der Waals surface area contributed by atoms with Gasteiger partial charge in [0, 0.05) is 11.5 Å². The Bertz CT molecular complexity index is 462. The number of halogens is 3. The van der Waals surface area contributed by atoms with Gasteiger partial charge in [-0.15, -0.1) is 0 Å². The summed E-state index contributed by atoms with van der Waals surface area (Å²) in [5.74, 6) is -1.21. The SMILES string of the molecule is Fc1cccc(F)c1-n1cnc(CBr)c1. The molecule has 0 bridgehead atoms. The van der Waals surface area contributed by atoms with Crippen molar-refractivity contribution in [2.24, 2.45) is 0 Å². The number of benzene rings is 1. The molecular formula is C10H7BrF2N2. The number of nitrogens with zero attached hydrogens (tertiary/aromatic N) is 2. The molecule has 0 aliphatic heterocycles. The molecule has 0 saturated carbocycles. The summed E-state index contributed by atoms with van der Waals surface area (Å²) < 4.78 is 28.0. The summed E-state index contributed by atoms with van der Waals surface area (Å²) in [6.07, 6.45) is 2.97. The Morgan fingerprint density at radius 1 is 1.27 bits per heavy atom. The summed E-state index contributed by atoms with van der Waals surface area (Å²) in [6, 6.07) is 3.76. The van der Waals surface area contributed by atoms with E-state index in [1.165, 1.54) is 29.1 Å². The lowest BCUT2D eigenvalue weighted by atomic mass is 10.3. The van der Waals surface area contributed by atoms with Crippen molar-refractivity contribution in [3.8, 4) is 5.69 Å². The lowest BCUT2D eigenvalue weighted by Crippen LogP contribution is -1.98.